The lowest BCUT2D eigenvalue weighted by atomic mass is 10.1. The molecule has 4 heteroatoms. The molecule has 0 saturated carbocycles. The summed E-state index contributed by atoms with van der Waals surface area (Å²) in [5.74, 6) is -0.270. The first-order valence-electron chi connectivity index (χ1n) is 5.28. The van der Waals surface area contributed by atoms with Gasteiger partial charge in [-0.2, -0.15) is 0 Å². The predicted octanol–water partition coefficient (Wildman–Crippen LogP) is 1.57. The van der Waals surface area contributed by atoms with E-state index in [9.17, 15) is 4.39 Å². The van der Waals surface area contributed by atoms with Crippen molar-refractivity contribution in [1.29, 1.82) is 0 Å². The van der Waals surface area contributed by atoms with Crippen molar-refractivity contribution in [3.8, 4) is 0 Å². The Morgan fingerprint density at radius 3 is 2.73 bits per heavy atom. The van der Waals surface area contributed by atoms with Gasteiger partial charge in [-0.05, 0) is 44.1 Å². The highest BCUT2D eigenvalue weighted by molar-refractivity contribution is 5.53. The zero-order valence-electron chi connectivity index (χ0n) is 8.59. The molecule has 1 aliphatic heterocycles. The van der Waals surface area contributed by atoms with E-state index in [4.69, 9.17) is 5.73 Å². The summed E-state index contributed by atoms with van der Waals surface area (Å²) in [5.41, 5.74) is 6.50. The molecule has 15 heavy (non-hydrogen) atoms. The molecule has 82 valence electrons. The van der Waals surface area contributed by atoms with Gasteiger partial charge in [-0.3, -0.25) is 0 Å². The van der Waals surface area contributed by atoms with Crippen LogP contribution in [0.2, 0.25) is 0 Å². The van der Waals surface area contributed by atoms with Crippen LogP contribution in [0.25, 0.3) is 0 Å². The third kappa shape index (κ3) is 2.59. The Hall–Kier alpha value is -1.29. The molecule has 1 aliphatic rings. The van der Waals surface area contributed by atoms with Crippen molar-refractivity contribution in [2.75, 3.05) is 24.1 Å². The molecule has 0 radical (unpaired) electrons. The fraction of sp³-hybridized carbons (Fsp3) is 0.455. The molecule has 1 saturated heterocycles. The first-order valence-corrected chi connectivity index (χ1v) is 5.28. The van der Waals surface area contributed by atoms with Gasteiger partial charge in [-0.25, -0.2) is 4.39 Å². The van der Waals surface area contributed by atoms with E-state index >= 15 is 0 Å². The first-order chi connectivity index (χ1) is 7.25. The van der Waals surface area contributed by atoms with Crippen molar-refractivity contribution >= 4 is 11.4 Å². The van der Waals surface area contributed by atoms with Crippen molar-refractivity contribution < 1.29 is 4.39 Å². The third-order valence-corrected chi connectivity index (χ3v) is 2.69. The van der Waals surface area contributed by atoms with Gasteiger partial charge in [-0.15, -0.1) is 0 Å². The largest absolute Gasteiger partial charge is 0.399 e. The Morgan fingerprint density at radius 2 is 2.07 bits per heavy atom. The summed E-state index contributed by atoms with van der Waals surface area (Å²) in [7, 11) is 0. The molecule has 1 fully saturated rings. The van der Waals surface area contributed by atoms with Crippen LogP contribution in [0.15, 0.2) is 18.2 Å². The monoisotopic (exact) mass is 209 g/mol. The maximum Gasteiger partial charge on any atom is 0.148 e. The SMILES string of the molecule is Nc1ccc(NC2CCNCC2)c(F)c1. The van der Waals surface area contributed by atoms with Crippen LogP contribution in [0.3, 0.4) is 0 Å². The molecule has 0 spiro atoms. The number of piperidine rings is 1. The van der Waals surface area contributed by atoms with Gasteiger partial charge in [-0.1, -0.05) is 0 Å². The molecule has 0 bridgehead atoms. The second kappa shape index (κ2) is 4.49. The number of nitrogen functional groups attached to an aromatic ring is 1. The van der Waals surface area contributed by atoms with E-state index in [1.165, 1.54) is 6.07 Å². The van der Waals surface area contributed by atoms with Gasteiger partial charge in [0.05, 0.1) is 5.69 Å². The van der Waals surface area contributed by atoms with Crippen molar-refractivity contribution in [2.45, 2.75) is 18.9 Å². The molecule has 3 nitrogen and oxygen atoms in total. The van der Waals surface area contributed by atoms with E-state index in [1.54, 1.807) is 12.1 Å². The van der Waals surface area contributed by atoms with Gasteiger partial charge in [0.25, 0.3) is 0 Å². The van der Waals surface area contributed by atoms with Crippen LogP contribution >= 0.6 is 0 Å². The molecule has 0 aromatic heterocycles. The maximum absolute atomic E-state index is 13.4. The van der Waals surface area contributed by atoms with E-state index in [0.717, 1.165) is 25.9 Å². The van der Waals surface area contributed by atoms with E-state index in [-0.39, 0.29) is 5.82 Å². The number of anilines is 2. The first kappa shape index (κ1) is 10.2. The minimum absolute atomic E-state index is 0.270. The van der Waals surface area contributed by atoms with Crippen LogP contribution < -0.4 is 16.4 Å². The zero-order chi connectivity index (χ0) is 10.7. The number of nitrogens with two attached hydrogens (primary N) is 1. The average Bonchev–Trinajstić information content (AvgIpc) is 2.24. The quantitative estimate of drug-likeness (QED) is 0.648. The number of halogens is 1. The highest BCUT2D eigenvalue weighted by atomic mass is 19.1. The fourth-order valence-corrected chi connectivity index (χ4v) is 1.83. The van der Waals surface area contributed by atoms with Gasteiger partial charge in [0.1, 0.15) is 5.82 Å². The Balaban J connectivity index is 2.03. The van der Waals surface area contributed by atoms with E-state index < -0.39 is 0 Å². The smallest absolute Gasteiger partial charge is 0.148 e. The fourth-order valence-electron chi connectivity index (χ4n) is 1.83. The molecule has 0 aliphatic carbocycles. The van der Waals surface area contributed by atoms with Crippen LogP contribution in [0, 0.1) is 5.82 Å². The molecule has 1 aromatic carbocycles. The molecule has 2 rings (SSSR count). The van der Waals surface area contributed by atoms with Crippen molar-refractivity contribution in [3.63, 3.8) is 0 Å². The molecule has 1 aromatic rings. The zero-order valence-corrected chi connectivity index (χ0v) is 8.59. The number of benzene rings is 1. The molecular formula is C11H16FN3. The van der Waals surface area contributed by atoms with Crippen molar-refractivity contribution in [3.05, 3.63) is 24.0 Å². The average molecular weight is 209 g/mol. The number of rotatable bonds is 2. The minimum Gasteiger partial charge on any atom is -0.399 e. The summed E-state index contributed by atoms with van der Waals surface area (Å²) >= 11 is 0. The standard InChI is InChI=1S/C11H16FN3/c12-10-7-8(13)1-2-11(10)15-9-3-5-14-6-4-9/h1-2,7,9,14-15H,3-6,13H2. The summed E-state index contributed by atoms with van der Waals surface area (Å²) in [4.78, 5) is 0. The molecule has 0 unspecified atom stereocenters. The van der Waals surface area contributed by atoms with Gasteiger partial charge >= 0.3 is 0 Å². The lowest BCUT2D eigenvalue weighted by Gasteiger charge is -2.24. The van der Waals surface area contributed by atoms with Gasteiger partial charge in [0, 0.05) is 11.7 Å². The Kier molecular flexibility index (Phi) is 3.06. The van der Waals surface area contributed by atoms with E-state index in [2.05, 4.69) is 10.6 Å². The number of hydrogen-bond donors (Lipinski definition) is 3. The molecular weight excluding hydrogens is 193 g/mol. The predicted molar refractivity (Wildman–Crippen MR) is 60.3 cm³/mol. The van der Waals surface area contributed by atoms with Crippen LogP contribution in [-0.4, -0.2) is 19.1 Å². The van der Waals surface area contributed by atoms with E-state index in [0.29, 0.717) is 17.4 Å². The van der Waals surface area contributed by atoms with Crippen LogP contribution in [0.5, 0.6) is 0 Å². The molecule has 1 heterocycles. The Labute approximate surface area is 88.9 Å². The summed E-state index contributed by atoms with van der Waals surface area (Å²) < 4.78 is 13.4. The highest BCUT2D eigenvalue weighted by Gasteiger charge is 2.13. The van der Waals surface area contributed by atoms with E-state index in [1.807, 2.05) is 0 Å². The second-order valence-electron chi connectivity index (χ2n) is 3.91. The molecule has 4 N–H and O–H groups in total. The van der Waals surface area contributed by atoms with Crippen molar-refractivity contribution in [1.82, 2.24) is 5.32 Å². The Morgan fingerprint density at radius 1 is 1.33 bits per heavy atom. The number of hydrogen-bond acceptors (Lipinski definition) is 3. The van der Waals surface area contributed by atoms with Gasteiger partial charge in [0.15, 0.2) is 0 Å². The van der Waals surface area contributed by atoms with Crippen LogP contribution in [0.1, 0.15) is 12.8 Å². The summed E-state index contributed by atoms with van der Waals surface area (Å²) in [5, 5.41) is 6.48. The number of nitrogens with one attached hydrogen (secondary N) is 2. The normalized spacial score (nSPS) is 17.7. The maximum atomic E-state index is 13.4. The minimum atomic E-state index is -0.270. The van der Waals surface area contributed by atoms with Gasteiger partial charge in [0.2, 0.25) is 0 Å². The Bertz CT molecular complexity index is 335. The summed E-state index contributed by atoms with van der Waals surface area (Å²) in [6.45, 7) is 1.99. The van der Waals surface area contributed by atoms with Crippen molar-refractivity contribution in [2.24, 2.45) is 0 Å². The second-order valence-corrected chi connectivity index (χ2v) is 3.91. The summed E-state index contributed by atoms with van der Waals surface area (Å²) in [6, 6.07) is 5.13. The molecule has 0 amide bonds. The topological polar surface area (TPSA) is 50.1 Å². The lowest BCUT2D eigenvalue weighted by Crippen LogP contribution is -2.35. The lowest BCUT2D eigenvalue weighted by molar-refractivity contribution is 0.477. The summed E-state index contributed by atoms with van der Waals surface area (Å²) in [6.07, 6.45) is 2.06. The molecule has 0 atom stereocenters. The van der Waals surface area contributed by atoms with Gasteiger partial charge < -0.3 is 16.4 Å². The van der Waals surface area contributed by atoms with Crippen LogP contribution in [0.4, 0.5) is 15.8 Å². The third-order valence-electron chi connectivity index (χ3n) is 2.69. The highest BCUT2D eigenvalue weighted by Crippen LogP contribution is 2.19. The van der Waals surface area contributed by atoms with Crippen LogP contribution in [-0.2, 0) is 0 Å².